The molecule has 1 rings (SSSR count). The Bertz CT molecular complexity index is 275. The Hall–Kier alpha value is 0.230. The molecule has 1 aromatic rings. The zero-order valence-electron chi connectivity index (χ0n) is 7.58. The molecule has 0 unspecified atom stereocenters. The van der Waals surface area contributed by atoms with E-state index in [4.69, 9.17) is 16.3 Å². The minimum absolute atomic E-state index is 0.554. The van der Waals surface area contributed by atoms with Crippen LogP contribution in [0.15, 0.2) is 27.8 Å². The molecule has 0 bridgehead atoms. The predicted octanol–water partition coefficient (Wildman–Crippen LogP) is 3.19. The van der Waals surface area contributed by atoms with Crippen molar-refractivity contribution in [2.45, 2.75) is 5.03 Å². The van der Waals surface area contributed by atoms with Crippen LogP contribution < -0.4 is 0 Å². The molecule has 5 heteroatoms. The van der Waals surface area contributed by atoms with Gasteiger partial charge in [-0.15, -0.1) is 23.4 Å². The maximum Gasteiger partial charge on any atom is 0.110 e. The lowest BCUT2D eigenvalue weighted by Crippen LogP contribution is -2.00. The number of hydrogen-bond donors (Lipinski definition) is 0. The minimum atomic E-state index is 0.554. The lowest BCUT2D eigenvalue weighted by molar-refractivity contribution is 0.166. The molecule has 1 aromatic heterocycles. The van der Waals surface area contributed by atoms with Crippen molar-refractivity contribution in [3.05, 3.63) is 22.8 Å². The number of nitrogens with zero attached hydrogens (tertiary/aromatic N) is 1. The molecule has 0 saturated heterocycles. The second kappa shape index (κ2) is 7.51. The van der Waals surface area contributed by atoms with Crippen molar-refractivity contribution in [3.63, 3.8) is 0 Å². The van der Waals surface area contributed by atoms with E-state index < -0.39 is 0 Å². The molecule has 14 heavy (non-hydrogen) atoms. The molecule has 0 amide bonds. The van der Waals surface area contributed by atoms with E-state index in [0.29, 0.717) is 19.1 Å². The van der Waals surface area contributed by atoms with Crippen molar-refractivity contribution < 1.29 is 4.74 Å². The summed E-state index contributed by atoms with van der Waals surface area (Å²) in [6.07, 6.45) is 1.78. The molecule has 1 heterocycles. The van der Waals surface area contributed by atoms with Gasteiger partial charge in [0, 0.05) is 22.3 Å². The molecule has 0 fully saturated rings. The van der Waals surface area contributed by atoms with Crippen molar-refractivity contribution >= 4 is 39.3 Å². The molecule has 0 aromatic carbocycles. The summed E-state index contributed by atoms with van der Waals surface area (Å²) in [5, 5.41) is 1.00. The van der Waals surface area contributed by atoms with Crippen LogP contribution >= 0.6 is 39.3 Å². The first-order valence-electron chi connectivity index (χ1n) is 4.21. The first-order valence-corrected chi connectivity index (χ1v) is 6.53. The molecule has 2 nitrogen and oxygen atoms in total. The highest BCUT2D eigenvalue weighted by Gasteiger charge is 1.99. The average Bonchev–Trinajstić information content (AvgIpc) is 2.20. The van der Waals surface area contributed by atoms with Gasteiger partial charge in [-0.05, 0) is 28.1 Å². The standard InChI is InChI=1S/C9H11BrClNOS/c10-8-2-1-4-12-9(8)14-7-6-13-5-3-11/h1-2,4H,3,5-7H2. The largest absolute Gasteiger partial charge is 0.379 e. The average molecular weight is 297 g/mol. The summed E-state index contributed by atoms with van der Waals surface area (Å²) in [4.78, 5) is 4.23. The third-order valence-corrected chi connectivity index (χ3v) is 3.44. The van der Waals surface area contributed by atoms with Crippen LogP contribution in [0.2, 0.25) is 0 Å². The molecular weight excluding hydrogens is 286 g/mol. The fraction of sp³-hybridized carbons (Fsp3) is 0.444. The Balaban J connectivity index is 2.21. The van der Waals surface area contributed by atoms with E-state index in [1.807, 2.05) is 12.1 Å². The molecule has 0 aliphatic heterocycles. The fourth-order valence-corrected chi connectivity index (χ4v) is 2.27. The number of halogens is 2. The number of ether oxygens (including phenoxy) is 1. The first-order chi connectivity index (χ1) is 6.84. The van der Waals surface area contributed by atoms with Crippen molar-refractivity contribution in [2.24, 2.45) is 0 Å². The lowest BCUT2D eigenvalue weighted by Gasteiger charge is -2.03. The van der Waals surface area contributed by atoms with Crippen LogP contribution in [0.5, 0.6) is 0 Å². The van der Waals surface area contributed by atoms with Crippen LogP contribution in [-0.4, -0.2) is 29.8 Å². The molecule has 78 valence electrons. The minimum Gasteiger partial charge on any atom is -0.379 e. The van der Waals surface area contributed by atoms with Gasteiger partial charge in [0.2, 0.25) is 0 Å². The third kappa shape index (κ3) is 4.64. The molecule has 0 aliphatic carbocycles. The van der Waals surface area contributed by atoms with Crippen molar-refractivity contribution in [3.8, 4) is 0 Å². The van der Waals surface area contributed by atoms with E-state index in [1.165, 1.54) is 0 Å². The summed E-state index contributed by atoms with van der Waals surface area (Å²) in [7, 11) is 0. The number of pyridine rings is 1. The van der Waals surface area contributed by atoms with Gasteiger partial charge in [-0.3, -0.25) is 0 Å². The summed E-state index contributed by atoms with van der Waals surface area (Å²) < 4.78 is 6.28. The smallest absolute Gasteiger partial charge is 0.110 e. The predicted molar refractivity (Wildman–Crippen MR) is 64.2 cm³/mol. The second-order valence-electron chi connectivity index (χ2n) is 2.44. The highest BCUT2D eigenvalue weighted by atomic mass is 79.9. The van der Waals surface area contributed by atoms with Gasteiger partial charge < -0.3 is 4.74 Å². The number of alkyl halides is 1. The van der Waals surface area contributed by atoms with E-state index in [1.54, 1.807) is 18.0 Å². The van der Waals surface area contributed by atoms with Crippen molar-refractivity contribution in [1.82, 2.24) is 4.98 Å². The molecular formula is C9H11BrClNOS. The summed E-state index contributed by atoms with van der Waals surface area (Å²) in [6.45, 7) is 1.33. The van der Waals surface area contributed by atoms with Gasteiger partial charge >= 0.3 is 0 Å². The summed E-state index contributed by atoms with van der Waals surface area (Å²) >= 11 is 10.6. The van der Waals surface area contributed by atoms with Crippen LogP contribution in [0.3, 0.4) is 0 Å². The monoisotopic (exact) mass is 295 g/mol. The molecule has 0 radical (unpaired) electrons. The van der Waals surface area contributed by atoms with Gasteiger partial charge in [0.05, 0.1) is 13.2 Å². The fourth-order valence-electron chi connectivity index (χ4n) is 0.831. The van der Waals surface area contributed by atoms with Crippen LogP contribution in [0.25, 0.3) is 0 Å². The molecule has 0 atom stereocenters. The molecule has 0 spiro atoms. The third-order valence-electron chi connectivity index (χ3n) is 1.41. The van der Waals surface area contributed by atoms with Gasteiger partial charge in [-0.25, -0.2) is 4.98 Å². The maximum absolute atomic E-state index is 5.47. The van der Waals surface area contributed by atoms with Gasteiger partial charge in [-0.2, -0.15) is 0 Å². The summed E-state index contributed by atoms with van der Waals surface area (Å²) in [5.74, 6) is 1.45. The lowest BCUT2D eigenvalue weighted by atomic mass is 10.5. The van der Waals surface area contributed by atoms with Gasteiger partial charge in [0.25, 0.3) is 0 Å². The van der Waals surface area contributed by atoms with Gasteiger partial charge in [0.15, 0.2) is 0 Å². The van der Waals surface area contributed by atoms with Crippen LogP contribution in [0.1, 0.15) is 0 Å². The highest BCUT2D eigenvalue weighted by Crippen LogP contribution is 2.23. The van der Waals surface area contributed by atoms with Crippen molar-refractivity contribution in [2.75, 3.05) is 24.8 Å². The second-order valence-corrected chi connectivity index (χ2v) is 4.76. The Morgan fingerprint density at radius 3 is 3.07 bits per heavy atom. The quantitative estimate of drug-likeness (QED) is 0.457. The SMILES string of the molecule is ClCCOCCSc1ncccc1Br. The Morgan fingerprint density at radius 2 is 2.36 bits per heavy atom. The zero-order valence-corrected chi connectivity index (χ0v) is 10.7. The van der Waals surface area contributed by atoms with Crippen molar-refractivity contribution in [1.29, 1.82) is 0 Å². The van der Waals surface area contributed by atoms with E-state index >= 15 is 0 Å². The topological polar surface area (TPSA) is 22.1 Å². The highest BCUT2D eigenvalue weighted by molar-refractivity contribution is 9.10. The number of aromatic nitrogens is 1. The number of hydrogen-bond acceptors (Lipinski definition) is 3. The van der Waals surface area contributed by atoms with Gasteiger partial charge in [0.1, 0.15) is 5.03 Å². The Morgan fingerprint density at radius 1 is 1.50 bits per heavy atom. The Kier molecular flexibility index (Phi) is 6.60. The summed E-state index contributed by atoms with van der Waals surface area (Å²) in [5.41, 5.74) is 0. The Labute approximate surface area is 102 Å². The van der Waals surface area contributed by atoms with Crippen LogP contribution in [0, 0.1) is 0 Å². The summed E-state index contributed by atoms with van der Waals surface area (Å²) in [6, 6.07) is 3.88. The van der Waals surface area contributed by atoms with Crippen LogP contribution in [0.4, 0.5) is 0 Å². The van der Waals surface area contributed by atoms with E-state index in [2.05, 4.69) is 20.9 Å². The molecule has 0 aliphatic rings. The van der Waals surface area contributed by atoms with Crippen LogP contribution in [-0.2, 0) is 4.74 Å². The van der Waals surface area contributed by atoms with E-state index in [0.717, 1.165) is 15.3 Å². The number of rotatable bonds is 6. The van der Waals surface area contributed by atoms with E-state index in [9.17, 15) is 0 Å². The molecule has 0 N–H and O–H groups in total. The van der Waals surface area contributed by atoms with Gasteiger partial charge in [-0.1, -0.05) is 0 Å². The molecule has 0 saturated carbocycles. The zero-order chi connectivity index (χ0) is 10.2. The maximum atomic E-state index is 5.47. The van der Waals surface area contributed by atoms with E-state index in [-0.39, 0.29) is 0 Å². The number of thioether (sulfide) groups is 1. The normalized spacial score (nSPS) is 10.4. The first kappa shape index (κ1) is 12.3.